The van der Waals surface area contributed by atoms with Crippen LogP contribution in [0.3, 0.4) is 0 Å². The first-order chi connectivity index (χ1) is 22.5. The molecule has 0 unspecified atom stereocenters. The van der Waals surface area contributed by atoms with Gasteiger partial charge in [-0.2, -0.15) is 5.21 Å². The summed E-state index contributed by atoms with van der Waals surface area (Å²) in [6, 6.07) is 35.4. The number of tetrazole rings is 1. The molecule has 3 aromatic heterocycles. The summed E-state index contributed by atoms with van der Waals surface area (Å²) < 4.78 is 4.90. The molecule has 4 aromatic carbocycles. The number of aromatic amines is 1. The molecule has 0 radical (unpaired) electrons. The van der Waals surface area contributed by atoms with E-state index in [1.54, 1.807) is 4.57 Å². The van der Waals surface area contributed by atoms with Crippen molar-refractivity contribution in [2.75, 3.05) is 0 Å². The number of rotatable bonds is 9. The number of imidazole rings is 1. The van der Waals surface area contributed by atoms with E-state index in [0.29, 0.717) is 35.6 Å². The first-order valence-electron chi connectivity index (χ1n) is 15.3. The smallest absolute Gasteiger partial charge is 0.317 e. The van der Waals surface area contributed by atoms with Gasteiger partial charge < -0.3 is 4.57 Å². The summed E-state index contributed by atoms with van der Waals surface area (Å²) in [6.45, 7) is 4.77. The lowest BCUT2D eigenvalue weighted by Crippen LogP contribution is -2.40. The highest BCUT2D eigenvalue weighted by Crippen LogP contribution is 2.30. The molecule has 3 heterocycles. The van der Waals surface area contributed by atoms with E-state index in [4.69, 9.17) is 4.98 Å². The minimum Gasteiger partial charge on any atom is -0.317 e. The quantitative estimate of drug-likeness (QED) is 0.228. The van der Waals surface area contributed by atoms with Gasteiger partial charge in [0.2, 0.25) is 5.82 Å². The SMILES string of the molecule is CC(C)c1nc2c(c(=O)n(CCc3ccccc3)c(=O)n2-c2ccccc2)n1Cc1ccc(-c2ccccc2-c2nn[nH]n2)cc1. The summed E-state index contributed by atoms with van der Waals surface area (Å²) in [5, 5.41) is 14.6. The molecular formula is C36H32N8O2. The first kappa shape index (κ1) is 28.8. The fraction of sp³-hybridized carbons (Fsp3) is 0.167. The third-order valence-electron chi connectivity index (χ3n) is 8.18. The molecule has 7 aromatic rings. The van der Waals surface area contributed by atoms with Crippen LogP contribution in [0.1, 0.15) is 36.7 Å². The highest BCUT2D eigenvalue weighted by Gasteiger charge is 2.24. The number of nitrogens with one attached hydrogen (secondary N) is 1. The van der Waals surface area contributed by atoms with Crippen molar-refractivity contribution in [3.8, 4) is 28.2 Å². The zero-order valence-corrected chi connectivity index (χ0v) is 25.5. The number of hydrogen-bond acceptors (Lipinski definition) is 6. The van der Waals surface area contributed by atoms with Gasteiger partial charge in [-0.05, 0) is 46.0 Å². The topological polar surface area (TPSA) is 116 Å². The van der Waals surface area contributed by atoms with Crippen LogP contribution in [0, 0.1) is 0 Å². The number of para-hydroxylation sites is 1. The molecule has 0 saturated heterocycles. The fourth-order valence-electron chi connectivity index (χ4n) is 5.92. The molecule has 0 amide bonds. The van der Waals surface area contributed by atoms with Crippen molar-refractivity contribution >= 4 is 11.2 Å². The Morgan fingerprint density at radius 2 is 1.41 bits per heavy atom. The second-order valence-electron chi connectivity index (χ2n) is 11.5. The Morgan fingerprint density at radius 1 is 0.739 bits per heavy atom. The molecule has 0 aliphatic rings. The summed E-state index contributed by atoms with van der Waals surface area (Å²) in [4.78, 5) is 33.2. The lowest BCUT2D eigenvalue weighted by atomic mass is 9.98. The number of H-pyrrole nitrogens is 1. The molecule has 0 aliphatic carbocycles. The minimum absolute atomic E-state index is 0.00463. The number of benzene rings is 4. The summed E-state index contributed by atoms with van der Waals surface area (Å²) in [7, 11) is 0. The van der Waals surface area contributed by atoms with Crippen molar-refractivity contribution in [1.29, 1.82) is 0 Å². The van der Waals surface area contributed by atoms with Gasteiger partial charge in [0, 0.05) is 24.6 Å². The van der Waals surface area contributed by atoms with Crippen LogP contribution in [-0.2, 0) is 19.5 Å². The highest BCUT2D eigenvalue weighted by molar-refractivity contribution is 5.80. The van der Waals surface area contributed by atoms with Gasteiger partial charge in [-0.25, -0.2) is 14.3 Å². The molecule has 0 aliphatic heterocycles. The van der Waals surface area contributed by atoms with Crippen molar-refractivity contribution in [2.24, 2.45) is 0 Å². The summed E-state index contributed by atoms with van der Waals surface area (Å²) in [5.41, 5.74) is 5.62. The van der Waals surface area contributed by atoms with Crippen molar-refractivity contribution in [3.05, 3.63) is 147 Å². The second kappa shape index (κ2) is 12.2. The molecule has 228 valence electrons. The van der Waals surface area contributed by atoms with Crippen LogP contribution in [-0.4, -0.2) is 39.3 Å². The Hall–Kier alpha value is -5.90. The molecule has 10 heteroatoms. The first-order valence-corrected chi connectivity index (χ1v) is 15.3. The van der Waals surface area contributed by atoms with Crippen LogP contribution < -0.4 is 11.2 Å². The number of aromatic nitrogens is 8. The summed E-state index contributed by atoms with van der Waals surface area (Å²) in [5.74, 6) is 1.27. The normalized spacial score (nSPS) is 11.5. The van der Waals surface area contributed by atoms with Gasteiger partial charge in [0.1, 0.15) is 5.82 Å². The lowest BCUT2D eigenvalue weighted by molar-refractivity contribution is 0.614. The van der Waals surface area contributed by atoms with Crippen molar-refractivity contribution in [2.45, 2.75) is 39.3 Å². The monoisotopic (exact) mass is 608 g/mol. The maximum atomic E-state index is 14.3. The van der Waals surface area contributed by atoms with E-state index in [2.05, 4.69) is 58.7 Å². The Bertz CT molecular complexity index is 2230. The van der Waals surface area contributed by atoms with E-state index in [1.165, 1.54) is 4.57 Å². The van der Waals surface area contributed by atoms with Crippen LogP contribution in [0.2, 0.25) is 0 Å². The third kappa shape index (κ3) is 5.34. The van der Waals surface area contributed by atoms with Crippen molar-refractivity contribution in [3.63, 3.8) is 0 Å². The maximum Gasteiger partial charge on any atom is 0.337 e. The fourth-order valence-corrected chi connectivity index (χ4v) is 5.92. The average molecular weight is 609 g/mol. The maximum absolute atomic E-state index is 14.3. The van der Waals surface area contributed by atoms with E-state index in [1.807, 2.05) is 89.5 Å². The van der Waals surface area contributed by atoms with Gasteiger partial charge in [-0.15, -0.1) is 10.2 Å². The molecule has 7 rings (SSSR count). The van der Waals surface area contributed by atoms with Crippen LogP contribution in [0.25, 0.3) is 39.4 Å². The predicted molar refractivity (Wildman–Crippen MR) is 178 cm³/mol. The molecule has 0 atom stereocenters. The standard InChI is InChI=1S/C36H32N8O2/c1-24(2)33-37-34-31(35(45)42(22-21-25-11-5-3-6-12-25)36(46)44(34)28-13-7-4-8-14-28)43(33)23-26-17-19-27(20-18-26)29-15-9-10-16-30(29)32-38-40-41-39-32/h3-20,24H,21-23H2,1-2H3,(H,38,39,40,41). The van der Waals surface area contributed by atoms with E-state index < -0.39 is 5.69 Å². The van der Waals surface area contributed by atoms with E-state index in [-0.39, 0.29) is 18.0 Å². The Balaban J connectivity index is 1.34. The van der Waals surface area contributed by atoms with Gasteiger partial charge in [0.05, 0.1) is 5.69 Å². The predicted octanol–water partition coefficient (Wildman–Crippen LogP) is 5.61. The largest absolute Gasteiger partial charge is 0.337 e. The summed E-state index contributed by atoms with van der Waals surface area (Å²) >= 11 is 0. The van der Waals surface area contributed by atoms with Gasteiger partial charge >= 0.3 is 5.69 Å². The summed E-state index contributed by atoms with van der Waals surface area (Å²) in [6.07, 6.45) is 0.550. The van der Waals surface area contributed by atoms with E-state index in [9.17, 15) is 9.59 Å². The van der Waals surface area contributed by atoms with Crippen LogP contribution >= 0.6 is 0 Å². The number of aryl methyl sites for hydroxylation is 1. The van der Waals surface area contributed by atoms with Gasteiger partial charge in [-0.3, -0.25) is 9.36 Å². The van der Waals surface area contributed by atoms with Crippen LogP contribution in [0.15, 0.2) is 119 Å². The zero-order valence-electron chi connectivity index (χ0n) is 25.5. The van der Waals surface area contributed by atoms with Gasteiger partial charge in [0.25, 0.3) is 5.56 Å². The lowest BCUT2D eigenvalue weighted by Gasteiger charge is -2.14. The zero-order chi connectivity index (χ0) is 31.6. The molecule has 0 saturated carbocycles. The molecule has 0 bridgehead atoms. The highest BCUT2D eigenvalue weighted by atomic mass is 16.2. The second-order valence-corrected chi connectivity index (χ2v) is 11.5. The van der Waals surface area contributed by atoms with Crippen LogP contribution in [0.4, 0.5) is 0 Å². The molecular weight excluding hydrogens is 576 g/mol. The third-order valence-corrected chi connectivity index (χ3v) is 8.18. The number of fused-ring (bicyclic) bond motifs is 1. The number of hydrogen-bond donors (Lipinski definition) is 1. The molecule has 1 N–H and O–H groups in total. The number of nitrogens with zero attached hydrogens (tertiary/aromatic N) is 7. The van der Waals surface area contributed by atoms with Gasteiger partial charge in [-0.1, -0.05) is 111 Å². The van der Waals surface area contributed by atoms with E-state index in [0.717, 1.165) is 33.6 Å². The average Bonchev–Trinajstić information content (AvgIpc) is 3.75. The molecule has 10 nitrogen and oxygen atoms in total. The Labute approximate surface area is 264 Å². The minimum atomic E-state index is -0.399. The Morgan fingerprint density at radius 3 is 2.09 bits per heavy atom. The molecule has 46 heavy (non-hydrogen) atoms. The molecule has 0 fully saturated rings. The van der Waals surface area contributed by atoms with Crippen molar-refractivity contribution in [1.82, 2.24) is 39.3 Å². The molecule has 0 spiro atoms. The van der Waals surface area contributed by atoms with Gasteiger partial charge in [0.15, 0.2) is 11.2 Å². The Kier molecular flexibility index (Phi) is 7.67. The van der Waals surface area contributed by atoms with Crippen molar-refractivity contribution < 1.29 is 0 Å². The van der Waals surface area contributed by atoms with Crippen LogP contribution in [0.5, 0.6) is 0 Å². The van der Waals surface area contributed by atoms with E-state index >= 15 is 0 Å².